The zero-order valence-electron chi connectivity index (χ0n) is 15.4. The Morgan fingerprint density at radius 3 is 2.43 bits per heavy atom. The molecule has 1 aromatic heterocycles. The highest BCUT2D eigenvalue weighted by molar-refractivity contribution is 9.10. The first-order chi connectivity index (χ1) is 13.7. The number of anilines is 2. The average Bonchev–Trinajstić information content (AvgIpc) is 2.74. The monoisotopic (exact) mass is 435 g/mol. The summed E-state index contributed by atoms with van der Waals surface area (Å²) in [6.07, 6.45) is 0. The van der Waals surface area contributed by atoms with Gasteiger partial charge >= 0.3 is 0 Å². The van der Waals surface area contributed by atoms with E-state index >= 15 is 0 Å². The second-order valence-electron chi connectivity index (χ2n) is 6.11. The fraction of sp³-hybridized carbons (Fsp3) is 0.0909. The van der Waals surface area contributed by atoms with Gasteiger partial charge < -0.3 is 14.8 Å². The van der Waals surface area contributed by atoms with E-state index in [1.807, 2.05) is 66.7 Å². The molecule has 3 aromatic carbocycles. The first-order valence-corrected chi connectivity index (χ1v) is 9.49. The summed E-state index contributed by atoms with van der Waals surface area (Å²) in [5, 5.41) is 4.30. The SMILES string of the molecule is COc1ccc(OC)c(Nc2nc(-c3ccccc3)nc3ccc(Br)cc23)c1. The molecule has 0 aliphatic rings. The van der Waals surface area contributed by atoms with E-state index in [1.165, 1.54) is 0 Å². The second-order valence-corrected chi connectivity index (χ2v) is 7.03. The number of methoxy groups -OCH3 is 2. The highest BCUT2D eigenvalue weighted by atomic mass is 79.9. The lowest BCUT2D eigenvalue weighted by Gasteiger charge is -2.15. The van der Waals surface area contributed by atoms with E-state index in [4.69, 9.17) is 19.4 Å². The van der Waals surface area contributed by atoms with E-state index < -0.39 is 0 Å². The van der Waals surface area contributed by atoms with Crippen LogP contribution < -0.4 is 14.8 Å². The van der Waals surface area contributed by atoms with E-state index in [2.05, 4.69) is 21.2 Å². The predicted molar refractivity (Wildman–Crippen MR) is 116 cm³/mol. The third kappa shape index (κ3) is 3.64. The Morgan fingerprint density at radius 2 is 1.68 bits per heavy atom. The molecule has 0 saturated heterocycles. The number of aromatic nitrogens is 2. The van der Waals surface area contributed by atoms with Gasteiger partial charge in [0.2, 0.25) is 0 Å². The van der Waals surface area contributed by atoms with Crippen molar-refractivity contribution in [2.75, 3.05) is 19.5 Å². The van der Waals surface area contributed by atoms with E-state index in [1.54, 1.807) is 14.2 Å². The summed E-state index contributed by atoms with van der Waals surface area (Å²) < 4.78 is 11.8. The van der Waals surface area contributed by atoms with Gasteiger partial charge in [-0.25, -0.2) is 9.97 Å². The smallest absolute Gasteiger partial charge is 0.162 e. The number of halogens is 1. The van der Waals surface area contributed by atoms with Gasteiger partial charge in [-0.3, -0.25) is 0 Å². The highest BCUT2D eigenvalue weighted by Gasteiger charge is 2.13. The van der Waals surface area contributed by atoms with Gasteiger partial charge in [0.15, 0.2) is 5.82 Å². The maximum atomic E-state index is 5.50. The van der Waals surface area contributed by atoms with Gasteiger partial charge in [0, 0.05) is 21.5 Å². The zero-order valence-corrected chi connectivity index (χ0v) is 17.0. The van der Waals surface area contributed by atoms with Crippen LogP contribution in [0.15, 0.2) is 71.2 Å². The summed E-state index contributed by atoms with van der Waals surface area (Å²) in [4.78, 5) is 9.54. The van der Waals surface area contributed by atoms with Gasteiger partial charge in [-0.2, -0.15) is 0 Å². The molecule has 5 nitrogen and oxygen atoms in total. The molecule has 0 radical (unpaired) electrons. The molecule has 4 rings (SSSR count). The summed E-state index contributed by atoms with van der Waals surface area (Å²) in [6, 6.07) is 21.5. The largest absolute Gasteiger partial charge is 0.497 e. The van der Waals surface area contributed by atoms with Crippen molar-refractivity contribution < 1.29 is 9.47 Å². The zero-order chi connectivity index (χ0) is 19.5. The fourth-order valence-corrected chi connectivity index (χ4v) is 3.31. The highest BCUT2D eigenvalue weighted by Crippen LogP contribution is 2.34. The molecule has 140 valence electrons. The molecular weight excluding hydrogens is 418 g/mol. The van der Waals surface area contributed by atoms with Crippen LogP contribution in [-0.2, 0) is 0 Å². The lowest BCUT2D eigenvalue weighted by molar-refractivity contribution is 0.405. The molecule has 0 saturated carbocycles. The quantitative estimate of drug-likeness (QED) is 0.427. The molecule has 0 aliphatic heterocycles. The van der Waals surface area contributed by atoms with Crippen LogP contribution in [0.4, 0.5) is 11.5 Å². The Morgan fingerprint density at radius 1 is 0.857 bits per heavy atom. The maximum Gasteiger partial charge on any atom is 0.162 e. The topological polar surface area (TPSA) is 56.3 Å². The van der Waals surface area contributed by atoms with E-state index in [9.17, 15) is 0 Å². The summed E-state index contributed by atoms with van der Waals surface area (Å²) >= 11 is 3.54. The number of rotatable bonds is 5. The average molecular weight is 436 g/mol. The molecule has 1 heterocycles. The Kier molecular flexibility index (Phi) is 5.12. The van der Waals surface area contributed by atoms with Crippen LogP contribution in [-0.4, -0.2) is 24.2 Å². The van der Waals surface area contributed by atoms with Crippen LogP contribution in [0.3, 0.4) is 0 Å². The molecule has 0 unspecified atom stereocenters. The molecule has 0 bridgehead atoms. The number of fused-ring (bicyclic) bond motifs is 1. The molecule has 4 aromatic rings. The number of benzene rings is 3. The maximum absolute atomic E-state index is 5.50. The van der Waals surface area contributed by atoms with E-state index in [0.717, 1.165) is 32.4 Å². The molecule has 0 fully saturated rings. The van der Waals surface area contributed by atoms with Gasteiger partial charge in [0.25, 0.3) is 0 Å². The second kappa shape index (κ2) is 7.86. The number of hydrogen-bond acceptors (Lipinski definition) is 5. The van der Waals surface area contributed by atoms with Crippen LogP contribution in [0.25, 0.3) is 22.3 Å². The van der Waals surface area contributed by atoms with Gasteiger partial charge in [-0.15, -0.1) is 0 Å². The first-order valence-electron chi connectivity index (χ1n) is 8.69. The fourth-order valence-electron chi connectivity index (χ4n) is 2.95. The third-order valence-electron chi connectivity index (χ3n) is 4.35. The van der Waals surface area contributed by atoms with Crippen molar-refractivity contribution in [1.82, 2.24) is 9.97 Å². The summed E-state index contributed by atoms with van der Waals surface area (Å²) in [5.74, 6) is 2.77. The van der Waals surface area contributed by atoms with Crippen molar-refractivity contribution in [3.63, 3.8) is 0 Å². The minimum absolute atomic E-state index is 0.653. The van der Waals surface area contributed by atoms with Crippen LogP contribution in [0.1, 0.15) is 0 Å². The van der Waals surface area contributed by atoms with Crippen molar-refractivity contribution in [3.8, 4) is 22.9 Å². The minimum Gasteiger partial charge on any atom is -0.497 e. The standard InChI is InChI=1S/C22H18BrN3O2/c1-27-16-9-11-20(28-2)19(13-16)25-22-17-12-15(23)8-10-18(17)24-21(26-22)14-6-4-3-5-7-14/h3-13H,1-2H3,(H,24,25,26). The van der Waals surface area contributed by atoms with Crippen molar-refractivity contribution in [3.05, 3.63) is 71.2 Å². The third-order valence-corrected chi connectivity index (χ3v) is 4.84. The number of ether oxygens (including phenoxy) is 2. The number of nitrogens with one attached hydrogen (secondary N) is 1. The molecule has 0 spiro atoms. The van der Waals surface area contributed by atoms with Gasteiger partial charge in [0.1, 0.15) is 17.3 Å². The van der Waals surface area contributed by atoms with E-state index in [0.29, 0.717) is 17.4 Å². The molecule has 6 heteroatoms. The molecule has 28 heavy (non-hydrogen) atoms. The van der Waals surface area contributed by atoms with Crippen LogP contribution >= 0.6 is 15.9 Å². The Hall–Kier alpha value is -3.12. The van der Waals surface area contributed by atoms with Crippen molar-refractivity contribution >= 4 is 38.3 Å². The van der Waals surface area contributed by atoms with E-state index in [-0.39, 0.29) is 0 Å². The predicted octanol–water partition coefficient (Wildman–Crippen LogP) is 5.82. The van der Waals surface area contributed by atoms with Crippen molar-refractivity contribution in [1.29, 1.82) is 0 Å². The van der Waals surface area contributed by atoms with Crippen LogP contribution in [0, 0.1) is 0 Å². The van der Waals surface area contributed by atoms with Crippen LogP contribution in [0.5, 0.6) is 11.5 Å². The Labute approximate surface area is 171 Å². The summed E-state index contributed by atoms with van der Waals surface area (Å²) in [6.45, 7) is 0. The van der Waals surface area contributed by atoms with Crippen molar-refractivity contribution in [2.45, 2.75) is 0 Å². The summed E-state index contributed by atoms with van der Waals surface area (Å²) in [7, 11) is 3.27. The van der Waals surface area contributed by atoms with Gasteiger partial charge in [-0.05, 0) is 30.3 Å². The van der Waals surface area contributed by atoms with Gasteiger partial charge in [-0.1, -0.05) is 46.3 Å². The molecular formula is C22H18BrN3O2. The van der Waals surface area contributed by atoms with Crippen molar-refractivity contribution in [2.24, 2.45) is 0 Å². The van der Waals surface area contributed by atoms with Crippen LogP contribution in [0.2, 0.25) is 0 Å². The molecule has 0 atom stereocenters. The lowest BCUT2D eigenvalue weighted by atomic mass is 10.1. The summed E-state index contributed by atoms with van der Waals surface area (Å²) in [5.41, 5.74) is 2.57. The molecule has 1 N–H and O–H groups in total. The normalized spacial score (nSPS) is 10.7. The van der Waals surface area contributed by atoms with Gasteiger partial charge in [0.05, 0.1) is 25.4 Å². The Bertz CT molecular complexity index is 1130. The number of nitrogens with zero attached hydrogens (tertiary/aromatic N) is 2. The minimum atomic E-state index is 0.653. The molecule has 0 aliphatic carbocycles. The lowest BCUT2D eigenvalue weighted by Crippen LogP contribution is -2.01. The first kappa shape index (κ1) is 18.3. The number of hydrogen-bond donors (Lipinski definition) is 1. The molecule has 0 amide bonds. The Balaban J connectivity index is 1.89.